The summed E-state index contributed by atoms with van der Waals surface area (Å²) >= 11 is 0. The zero-order valence-corrected chi connectivity index (χ0v) is 31.8. The Morgan fingerprint density at radius 1 is 0.809 bits per heavy atom. The van der Waals surface area contributed by atoms with Gasteiger partial charge in [-0.05, 0) is 117 Å². The van der Waals surface area contributed by atoms with Gasteiger partial charge in [-0.2, -0.15) is 0 Å². The van der Waals surface area contributed by atoms with Crippen LogP contribution in [0, 0.1) is 40.4 Å². The Hall–Kier alpha value is -1.57. The number of rotatable bonds is 20. The predicted octanol–water partition coefficient (Wildman–Crippen LogP) is 13.7. The quantitative estimate of drug-likeness (QED) is 0.0747. The van der Waals surface area contributed by atoms with E-state index in [9.17, 15) is 4.79 Å². The maximum Gasteiger partial charge on any atom is 0.306 e. The SMILES string of the molecule is CCCCC/C=C\C/C=C\CCCCCCCC(=O)O[C@H]1CC[C@@]2(C)C(=CC=C3[C@@H]4CC[C@H]([C@H](C)CCCC(C)C)[C@@]4(C)CC[C@@H]32)C1. The minimum Gasteiger partial charge on any atom is -0.462 e. The van der Waals surface area contributed by atoms with Crippen LogP contribution in [0.1, 0.15) is 183 Å². The number of ether oxygens (including phenoxy) is 1. The summed E-state index contributed by atoms with van der Waals surface area (Å²) in [5.74, 6) is 4.06. The van der Waals surface area contributed by atoms with Gasteiger partial charge in [-0.25, -0.2) is 0 Å². The van der Waals surface area contributed by atoms with E-state index in [1.807, 2.05) is 0 Å². The zero-order chi connectivity index (χ0) is 33.7. The molecule has 0 aliphatic heterocycles. The second-order valence-corrected chi connectivity index (χ2v) is 17.2. The van der Waals surface area contributed by atoms with E-state index in [1.165, 1.54) is 103 Å². The lowest BCUT2D eigenvalue weighted by atomic mass is 9.50. The molecule has 2 nitrogen and oxygen atoms in total. The Kier molecular flexibility index (Phi) is 15.4. The number of fused-ring (bicyclic) bond motifs is 5. The summed E-state index contributed by atoms with van der Waals surface area (Å²) in [5.41, 5.74) is 4.09. The van der Waals surface area contributed by atoms with Crippen molar-refractivity contribution in [2.75, 3.05) is 0 Å². The molecule has 0 aromatic carbocycles. The fraction of sp³-hybridized carbons (Fsp3) is 0.800. The molecule has 3 saturated carbocycles. The second-order valence-electron chi connectivity index (χ2n) is 17.2. The number of allylic oxidation sites excluding steroid dienone is 7. The first-order chi connectivity index (χ1) is 22.7. The molecule has 4 rings (SSSR count). The van der Waals surface area contributed by atoms with Gasteiger partial charge < -0.3 is 4.74 Å². The molecular formula is C45H74O2. The smallest absolute Gasteiger partial charge is 0.306 e. The van der Waals surface area contributed by atoms with Crippen LogP contribution in [-0.2, 0) is 9.53 Å². The van der Waals surface area contributed by atoms with E-state index in [4.69, 9.17) is 4.74 Å². The van der Waals surface area contributed by atoms with E-state index in [1.54, 1.807) is 11.1 Å². The Balaban J connectivity index is 1.15. The first-order valence-corrected chi connectivity index (χ1v) is 20.6. The van der Waals surface area contributed by atoms with Crippen LogP contribution in [0.3, 0.4) is 0 Å². The highest BCUT2D eigenvalue weighted by atomic mass is 16.5. The Bertz CT molecular complexity index is 1080. The first-order valence-electron chi connectivity index (χ1n) is 20.6. The maximum absolute atomic E-state index is 12.8. The standard InChI is InChI=1S/C45H74O2/c1-7-8-9-10-11-12-13-14-15-16-17-18-19-20-21-25-43(46)47-38-30-32-44(5)37(34-38)26-27-39-41-29-28-40(36(4)24-22-23-35(2)3)45(41,6)33-31-42(39)44/h11-12,14-15,26-27,35-36,38,40-42H,7-10,13,16-25,28-34H2,1-6H3/b12-11-,15-14-/t36-,38+,40-,41+,42+,44+,45-/m1/s1. The minimum absolute atomic E-state index is 0.0323. The van der Waals surface area contributed by atoms with Crippen LogP contribution in [0.4, 0.5) is 0 Å². The molecular weight excluding hydrogens is 572 g/mol. The molecule has 0 N–H and O–H groups in total. The molecule has 0 spiro atoms. The Morgan fingerprint density at radius 2 is 1.53 bits per heavy atom. The molecule has 0 heterocycles. The number of hydrogen-bond donors (Lipinski definition) is 0. The fourth-order valence-electron chi connectivity index (χ4n) is 10.4. The monoisotopic (exact) mass is 647 g/mol. The summed E-state index contributed by atoms with van der Waals surface area (Å²) in [4.78, 5) is 12.8. The lowest BCUT2D eigenvalue weighted by molar-refractivity contribution is -0.151. The van der Waals surface area contributed by atoms with Crippen LogP contribution < -0.4 is 0 Å². The molecule has 2 heteroatoms. The van der Waals surface area contributed by atoms with Gasteiger partial charge in [0.15, 0.2) is 0 Å². The van der Waals surface area contributed by atoms with Gasteiger partial charge in [0, 0.05) is 12.8 Å². The van der Waals surface area contributed by atoms with Gasteiger partial charge in [-0.3, -0.25) is 4.79 Å². The Morgan fingerprint density at radius 3 is 2.28 bits per heavy atom. The summed E-state index contributed by atoms with van der Waals surface area (Å²) in [5, 5.41) is 0. The third kappa shape index (κ3) is 10.5. The van der Waals surface area contributed by atoms with Crippen LogP contribution >= 0.6 is 0 Å². The highest BCUT2D eigenvalue weighted by Crippen LogP contribution is 2.66. The average Bonchev–Trinajstić information content (AvgIpc) is 3.40. The summed E-state index contributed by atoms with van der Waals surface area (Å²) in [7, 11) is 0. The van der Waals surface area contributed by atoms with Crippen molar-refractivity contribution in [2.24, 2.45) is 40.4 Å². The molecule has 0 bridgehead atoms. The van der Waals surface area contributed by atoms with Crippen molar-refractivity contribution in [3.63, 3.8) is 0 Å². The predicted molar refractivity (Wildman–Crippen MR) is 202 cm³/mol. The molecule has 0 amide bonds. The van der Waals surface area contributed by atoms with Crippen LogP contribution in [-0.4, -0.2) is 12.1 Å². The van der Waals surface area contributed by atoms with Crippen LogP contribution in [0.2, 0.25) is 0 Å². The number of carbonyl (C=O) groups is 1. The average molecular weight is 647 g/mol. The zero-order valence-electron chi connectivity index (χ0n) is 31.8. The third-order valence-corrected chi connectivity index (χ3v) is 13.4. The van der Waals surface area contributed by atoms with Crippen LogP contribution in [0.15, 0.2) is 47.6 Å². The lowest BCUT2D eigenvalue weighted by Gasteiger charge is -2.55. The number of hydrogen-bond acceptors (Lipinski definition) is 2. The van der Waals surface area contributed by atoms with Gasteiger partial charge in [0.2, 0.25) is 0 Å². The molecule has 4 aliphatic carbocycles. The number of unbranched alkanes of at least 4 members (excludes halogenated alkanes) is 8. The van der Waals surface area contributed by atoms with Gasteiger partial charge in [-0.1, -0.05) is 141 Å². The van der Waals surface area contributed by atoms with Crippen molar-refractivity contribution in [3.8, 4) is 0 Å². The number of carbonyl (C=O) groups excluding carboxylic acids is 1. The van der Waals surface area contributed by atoms with Gasteiger partial charge in [0.05, 0.1) is 0 Å². The Labute approximate surface area is 291 Å². The summed E-state index contributed by atoms with van der Waals surface area (Å²) < 4.78 is 6.10. The molecule has 0 radical (unpaired) electrons. The van der Waals surface area contributed by atoms with Crippen molar-refractivity contribution < 1.29 is 9.53 Å². The molecule has 0 aromatic rings. The highest BCUT2D eigenvalue weighted by Gasteiger charge is 2.57. The van der Waals surface area contributed by atoms with Gasteiger partial charge in [0.1, 0.15) is 6.10 Å². The number of esters is 1. The van der Waals surface area contributed by atoms with Crippen molar-refractivity contribution in [1.29, 1.82) is 0 Å². The van der Waals surface area contributed by atoms with Gasteiger partial charge in [0.25, 0.3) is 0 Å². The summed E-state index contributed by atoms with van der Waals surface area (Å²) in [6, 6.07) is 0. The van der Waals surface area contributed by atoms with Gasteiger partial charge >= 0.3 is 5.97 Å². The maximum atomic E-state index is 12.8. The van der Waals surface area contributed by atoms with E-state index >= 15 is 0 Å². The molecule has 3 fully saturated rings. The molecule has 0 unspecified atom stereocenters. The first kappa shape index (κ1) is 38.2. The largest absolute Gasteiger partial charge is 0.462 e. The van der Waals surface area contributed by atoms with E-state index in [2.05, 4.69) is 78.0 Å². The molecule has 4 aliphatic rings. The summed E-state index contributed by atoms with van der Waals surface area (Å²) in [6.45, 7) is 14.8. The molecule has 0 aromatic heterocycles. The van der Waals surface area contributed by atoms with E-state index < -0.39 is 0 Å². The van der Waals surface area contributed by atoms with Crippen molar-refractivity contribution in [3.05, 3.63) is 47.6 Å². The second kappa shape index (κ2) is 19.0. The highest BCUT2D eigenvalue weighted by molar-refractivity contribution is 5.69. The lowest BCUT2D eigenvalue weighted by Crippen LogP contribution is -2.46. The van der Waals surface area contributed by atoms with Crippen molar-refractivity contribution in [2.45, 2.75) is 189 Å². The topological polar surface area (TPSA) is 26.3 Å². The van der Waals surface area contributed by atoms with Gasteiger partial charge in [-0.15, -0.1) is 0 Å². The van der Waals surface area contributed by atoms with Crippen molar-refractivity contribution in [1.82, 2.24) is 0 Å². The van der Waals surface area contributed by atoms with E-state index in [0.29, 0.717) is 17.8 Å². The van der Waals surface area contributed by atoms with Crippen LogP contribution in [0.5, 0.6) is 0 Å². The van der Waals surface area contributed by atoms with Crippen LogP contribution in [0.25, 0.3) is 0 Å². The normalized spacial score (nSPS) is 31.0. The molecule has 266 valence electrons. The van der Waals surface area contributed by atoms with Crippen molar-refractivity contribution >= 4 is 5.97 Å². The van der Waals surface area contributed by atoms with E-state index in [0.717, 1.165) is 55.8 Å². The summed E-state index contributed by atoms with van der Waals surface area (Å²) in [6.07, 6.45) is 41.2. The molecule has 7 atom stereocenters. The molecule has 47 heavy (non-hydrogen) atoms. The minimum atomic E-state index is 0.0323. The third-order valence-electron chi connectivity index (χ3n) is 13.4. The molecule has 0 saturated heterocycles. The van der Waals surface area contributed by atoms with E-state index in [-0.39, 0.29) is 17.5 Å². The fourth-order valence-corrected chi connectivity index (χ4v) is 10.4.